The summed E-state index contributed by atoms with van der Waals surface area (Å²) in [5.41, 5.74) is 1.41. The first-order chi connectivity index (χ1) is 8.93. The molecule has 0 N–H and O–H groups in total. The second-order valence-corrected chi connectivity index (χ2v) is 7.13. The number of hydrogen-bond acceptors (Lipinski definition) is 2. The average Bonchev–Trinajstić information content (AvgIpc) is 2.35. The summed E-state index contributed by atoms with van der Waals surface area (Å²) in [6.45, 7) is 8.69. The van der Waals surface area contributed by atoms with Crippen LogP contribution in [-0.2, 0) is 4.79 Å². The van der Waals surface area contributed by atoms with E-state index in [0.717, 1.165) is 6.42 Å². The lowest BCUT2D eigenvalue weighted by Gasteiger charge is -2.23. The minimum atomic E-state index is 0.154. The molecule has 0 heterocycles. The van der Waals surface area contributed by atoms with E-state index < -0.39 is 0 Å². The van der Waals surface area contributed by atoms with E-state index in [0.29, 0.717) is 18.0 Å². The summed E-state index contributed by atoms with van der Waals surface area (Å²) >= 11 is 1.65. The molecule has 0 saturated carbocycles. The molecule has 0 aliphatic rings. The fourth-order valence-corrected chi connectivity index (χ4v) is 2.89. The number of carbonyl (C=O) groups excluding carboxylic acids is 1. The molecule has 106 valence electrons. The van der Waals surface area contributed by atoms with E-state index in [1.54, 1.807) is 11.8 Å². The van der Waals surface area contributed by atoms with Crippen molar-refractivity contribution in [2.75, 3.05) is 5.75 Å². The monoisotopic (exact) mass is 278 g/mol. The molecule has 19 heavy (non-hydrogen) atoms. The smallest absolute Gasteiger partial charge is 0.143 e. The summed E-state index contributed by atoms with van der Waals surface area (Å²) in [7, 11) is 0. The van der Waals surface area contributed by atoms with Crippen molar-refractivity contribution in [1.29, 1.82) is 0 Å². The van der Waals surface area contributed by atoms with Gasteiger partial charge in [-0.3, -0.25) is 4.79 Å². The maximum Gasteiger partial charge on any atom is 0.143 e. The van der Waals surface area contributed by atoms with Gasteiger partial charge in [-0.05, 0) is 30.9 Å². The zero-order valence-electron chi connectivity index (χ0n) is 12.7. The number of rotatable bonds is 8. The lowest BCUT2D eigenvalue weighted by Crippen LogP contribution is -2.18. The largest absolute Gasteiger partial charge is 0.299 e. The number of hydrogen-bond donors (Lipinski definition) is 0. The van der Waals surface area contributed by atoms with Crippen LogP contribution in [0.25, 0.3) is 0 Å². The number of benzene rings is 1. The van der Waals surface area contributed by atoms with Gasteiger partial charge in [0.15, 0.2) is 0 Å². The van der Waals surface area contributed by atoms with E-state index in [1.807, 2.05) is 0 Å². The zero-order valence-corrected chi connectivity index (χ0v) is 13.5. The molecule has 0 atom stereocenters. The van der Waals surface area contributed by atoms with Crippen molar-refractivity contribution in [2.45, 2.75) is 58.3 Å². The van der Waals surface area contributed by atoms with Gasteiger partial charge >= 0.3 is 0 Å². The molecular weight excluding hydrogens is 252 g/mol. The first kappa shape index (κ1) is 16.3. The van der Waals surface area contributed by atoms with Gasteiger partial charge in [-0.25, -0.2) is 0 Å². The molecule has 1 nitrogen and oxygen atoms in total. The number of thioether (sulfide) groups is 1. The molecule has 0 fully saturated rings. The van der Waals surface area contributed by atoms with E-state index >= 15 is 0 Å². The Labute approximate surface area is 122 Å². The van der Waals surface area contributed by atoms with Crippen LogP contribution in [0.5, 0.6) is 0 Å². The highest BCUT2D eigenvalue weighted by molar-refractivity contribution is 8.00. The summed E-state index contributed by atoms with van der Waals surface area (Å²) in [6, 6.07) is 8.38. The zero-order chi connectivity index (χ0) is 14.3. The highest BCUT2D eigenvalue weighted by Crippen LogP contribution is 2.29. The fourth-order valence-electron chi connectivity index (χ4n) is 2.13. The summed E-state index contributed by atoms with van der Waals surface area (Å²) in [6.07, 6.45) is 4.26. The SMILES string of the molecule is CCCCC(C)(C)CC(=O)CSc1ccc(C)cc1. The summed E-state index contributed by atoms with van der Waals surface area (Å²) in [5, 5.41) is 0. The Hall–Kier alpha value is -0.760. The number of unbranched alkanes of at least 4 members (excludes halogenated alkanes) is 1. The van der Waals surface area contributed by atoms with Gasteiger partial charge in [-0.1, -0.05) is 51.3 Å². The molecule has 1 rings (SSSR count). The molecule has 0 radical (unpaired) electrons. The molecule has 0 saturated heterocycles. The van der Waals surface area contributed by atoms with Gasteiger partial charge in [0, 0.05) is 11.3 Å². The third kappa shape index (κ3) is 6.81. The molecule has 0 aromatic heterocycles. The van der Waals surface area contributed by atoms with Crippen LogP contribution in [0.15, 0.2) is 29.2 Å². The minimum absolute atomic E-state index is 0.154. The Morgan fingerprint density at radius 3 is 2.42 bits per heavy atom. The molecule has 0 aliphatic carbocycles. The van der Waals surface area contributed by atoms with E-state index in [-0.39, 0.29) is 5.41 Å². The maximum absolute atomic E-state index is 12.0. The van der Waals surface area contributed by atoms with Gasteiger partial charge in [-0.15, -0.1) is 11.8 Å². The van der Waals surface area contributed by atoms with Gasteiger partial charge < -0.3 is 0 Å². The normalized spacial score (nSPS) is 11.6. The predicted octanol–water partition coefficient (Wildman–Crippen LogP) is 5.26. The van der Waals surface area contributed by atoms with Crippen LogP contribution < -0.4 is 0 Å². The van der Waals surface area contributed by atoms with Crippen LogP contribution in [-0.4, -0.2) is 11.5 Å². The Morgan fingerprint density at radius 1 is 1.21 bits per heavy atom. The van der Waals surface area contributed by atoms with Crippen molar-refractivity contribution in [1.82, 2.24) is 0 Å². The molecule has 0 bridgehead atoms. The number of aryl methyl sites for hydroxylation is 1. The first-order valence-electron chi connectivity index (χ1n) is 7.14. The van der Waals surface area contributed by atoms with Gasteiger partial charge in [0.25, 0.3) is 0 Å². The molecule has 0 spiro atoms. The number of Topliss-reactive ketones (excluding diaryl/α,β-unsaturated/α-hetero) is 1. The number of carbonyl (C=O) groups is 1. The van der Waals surface area contributed by atoms with Crippen molar-refractivity contribution in [3.05, 3.63) is 29.8 Å². The Bertz CT molecular complexity index is 392. The van der Waals surface area contributed by atoms with Crippen LogP contribution in [0.3, 0.4) is 0 Å². The Balaban J connectivity index is 2.37. The third-order valence-corrected chi connectivity index (χ3v) is 4.38. The van der Waals surface area contributed by atoms with Crippen LogP contribution in [0.1, 0.15) is 52.0 Å². The van der Waals surface area contributed by atoms with Crippen LogP contribution in [0.2, 0.25) is 0 Å². The highest BCUT2D eigenvalue weighted by atomic mass is 32.2. The first-order valence-corrected chi connectivity index (χ1v) is 8.13. The molecular formula is C17H26OS. The van der Waals surface area contributed by atoms with Crippen molar-refractivity contribution in [3.63, 3.8) is 0 Å². The number of ketones is 1. The van der Waals surface area contributed by atoms with Gasteiger partial charge in [0.1, 0.15) is 5.78 Å². The topological polar surface area (TPSA) is 17.1 Å². The highest BCUT2D eigenvalue weighted by Gasteiger charge is 2.21. The minimum Gasteiger partial charge on any atom is -0.299 e. The van der Waals surface area contributed by atoms with Gasteiger partial charge in [0.2, 0.25) is 0 Å². The molecule has 1 aromatic carbocycles. The fraction of sp³-hybridized carbons (Fsp3) is 0.588. The summed E-state index contributed by atoms with van der Waals surface area (Å²) < 4.78 is 0. The lowest BCUT2D eigenvalue weighted by molar-refractivity contribution is -0.118. The van der Waals surface area contributed by atoms with E-state index in [1.165, 1.54) is 23.3 Å². The predicted molar refractivity (Wildman–Crippen MR) is 84.8 cm³/mol. The van der Waals surface area contributed by atoms with Crippen molar-refractivity contribution in [3.8, 4) is 0 Å². The lowest BCUT2D eigenvalue weighted by atomic mass is 9.83. The van der Waals surface area contributed by atoms with Crippen molar-refractivity contribution >= 4 is 17.5 Å². The second-order valence-electron chi connectivity index (χ2n) is 6.08. The van der Waals surface area contributed by atoms with Crippen LogP contribution in [0.4, 0.5) is 0 Å². The molecule has 0 aliphatic heterocycles. The maximum atomic E-state index is 12.0. The summed E-state index contributed by atoms with van der Waals surface area (Å²) in [4.78, 5) is 13.2. The molecule has 0 unspecified atom stereocenters. The molecule has 1 aromatic rings. The molecule has 2 heteroatoms. The summed E-state index contributed by atoms with van der Waals surface area (Å²) in [5.74, 6) is 0.963. The van der Waals surface area contributed by atoms with Crippen LogP contribution >= 0.6 is 11.8 Å². The van der Waals surface area contributed by atoms with Gasteiger partial charge in [0.05, 0.1) is 5.75 Å². The van der Waals surface area contributed by atoms with Crippen LogP contribution in [0, 0.1) is 12.3 Å². The standard InChI is InChI=1S/C17H26OS/c1-5-6-11-17(3,4)12-15(18)13-19-16-9-7-14(2)8-10-16/h7-10H,5-6,11-13H2,1-4H3. The average molecular weight is 278 g/mol. The van der Waals surface area contributed by atoms with E-state index in [2.05, 4.69) is 52.0 Å². The Morgan fingerprint density at radius 2 is 1.84 bits per heavy atom. The third-order valence-electron chi connectivity index (χ3n) is 3.30. The molecule has 0 amide bonds. The van der Waals surface area contributed by atoms with Crippen molar-refractivity contribution < 1.29 is 4.79 Å². The second kappa shape index (κ2) is 7.74. The van der Waals surface area contributed by atoms with Gasteiger partial charge in [-0.2, -0.15) is 0 Å². The van der Waals surface area contributed by atoms with E-state index in [4.69, 9.17) is 0 Å². The van der Waals surface area contributed by atoms with Crippen molar-refractivity contribution in [2.24, 2.45) is 5.41 Å². The Kier molecular flexibility index (Phi) is 6.64. The van der Waals surface area contributed by atoms with E-state index in [9.17, 15) is 4.79 Å². The quantitative estimate of drug-likeness (QED) is 0.603.